The van der Waals surface area contributed by atoms with Gasteiger partial charge in [0.15, 0.2) is 5.16 Å². The number of nitrogens with zero attached hydrogens (tertiary/aromatic N) is 2. The van der Waals surface area contributed by atoms with Crippen molar-refractivity contribution >= 4 is 45.4 Å². The lowest BCUT2D eigenvalue weighted by molar-refractivity contribution is -0.113. The van der Waals surface area contributed by atoms with Crippen molar-refractivity contribution in [1.29, 1.82) is 0 Å². The van der Waals surface area contributed by atoms with E-state index in [2.05, 4.69) is 10.3 Å². The van der Waals surface area contributed by atoms with Gasteiger partial charge in [-0.2, -0.15) is 0 Å². The minimum atomic E-state index is -0.282. The molecule has 0 aliphatic rings. The van der Waals surface area contributed by atoms with Crippen molar-refractivity contribution in [2.75, 3.05) is 17.7 Å². The molecule has 1 amide bonds. The van der Waals surface area contributed by atoms with Crippen molar-refractivity contribution in [3.05, 3.63) is 58.9 Å². The summed E-state index contributed by atoms with van der Waals surface area (Å²) in [6.07, 6.45) is 0. The minimum Gasteiger partial charge on any atom is -0.492 e. The lowest BCUT2D eigenvalue weighted by Crippen LogP contribution is -2.21. The normalized spacial score (nSPS) is 11.1. The molecule has 0 saturated heterocycles. The van der Waals surface area contributed by atoms with E-state index in [1.54, 1.807) is 25.2 Å². The van der Waals surface area contributed by atoms with Gasteiger partial charge in [-0.05, 0) is 31.2 Å². The van der Waals surface area contributed by atoms with E-state index in [9.17, 15) is 9.59 Å². The number of hydrogen-bond donors (Lipinski definition) is 1. The van der Waals surface area contributed by atoms with Crippen molar-refractivity contribution < 1.29 is 13.9 Å². The van der Waals surface area contributed by atoms with Crippen molar-refractivity contribution in [1.82, 2.24) is 9.55 Å². The highest BCUT2D eigenvalue weighted by Crippen LogP contribution is 2.27. The lowest BCUT2D eigenvalue weighted by Gasteiger charge is -2.11. The second-order valence-corrected chi connectivity index (χ2v) is 7.24. The van der Waals surface area contributed by atoms with Gasteiger partial charge in [-0.1, -0.05) is 36.0 Å². The Bertz CT molecular complexity index is 1260. The summed E-state index contributed by atoms with van der Waals surface area (Å²) in [5, 5.41) is 4.06. The molecule has 2 heterocycles. The fraction of sp³-hybridized carbons (Fsp3) is 0.190. The minimum absolute atomic E-state index is 0.0992. The van der Waals surface area contributed by atoms with Gasteiger partial charge in [0.25, 0.3) is 5.56 Å². The highest BCUT2D eigenvalue weighted by molar-refractivity contribution is 7.99. The van der Waals surface area contributed by atoms with E-state index in [1.807, 2.05) is 37.3 Å². The third-order valence-corrected chi connectivity index (χ3v) is 5.39. The van der Waals surface area contributed by atoms with Gasteiger partial charge in [0.2, 0.25) is 11.5 Å². The predicted octanol–water partition coefficient (Wildman–Crippen LogP) is 3.81. The Morgan fingerprint density at radius 3 is 2.79 bits per heavy atom. The van der Waals surface area contributed by atoms with Gasteiger partial charge in [0.1, 0.15) is 16.8 Å². The average Bonchev–Trinajstić information content (AvgIpc) is 3.10. The molecule has 0 unspecified atom stereocenters. The zero-order valence-electron chi connectivity index (χ0n) is 16.0. The third-order valence-electron chi connectivity index (χ3n) is 4.36. The molecule has 0 atom stereocenters. The number of aromatic nitrogens is 2. The van der Waals surface area contributed by atoms with E-state index in [0.29, 0.717) is 34.3 Å². The standard InChI is InChI=1S/C21H19N3O4S/c1-3-27-16-11-7-5-9-14(16)22-17(25)12-29-21-23-18-13-8-4-6-10-15(13)28-19(18)20(26)24(21)2/h4-11H,3,12H2,1-2H3,(H,22,25). The highest BCUT2D eigenvalue weighted by Gasteiger charge is 2.17. The maximum atomic E-state index is 12.7. The fourth-order valence-corrected chi connectivity index (χ4v) is 3.76. The first-order valence-corrected chi connectivity index (χ1v) is 10.1. The van der Waals surface area contributed by atoms with Crippen LogP contribution in [0.1, 0.15) is 6.92 Å². The van der Waals surface area contributed by atoms with E-state index < -0.39 is 0 Å². The zero-order valence-corrected chi connectivity index (χ0v) is 16.8. The Morgan fingerprint density at radius 1 is 1.21 bits per heavy atom. The molecule has 0 bridgehead atoms. The molecular formula is C21H19N3O4S. The molecule has 0 aliphatic carbocycles. The molecule has 29 heavy (non-hydrogen) atoms. The van der Waals surface area contributed by atoms with Gasteiger partial charge in [-0.3, -0.25) is 14.2 Å². The van der Waals surface area contributed by atoms with Gasteiger partial charge in [-0.25, -0.2) is 4.98 Å². The van der Waals surface area contributed by atoms with Gasteiger partial charge < -0.3 is 14.5 Å². The Hall–Kier alpha value is -3.26. The van der Waals surface area contributed by atoms with Crippen LogP contribution in [-0.4, -0.2) is 27.8 Å². The van der Waals surface area contributed by atoms with Crippen LogP contribution < -0.4 is 15.6 Å². The molecule has 7 nitrogen and oxygen atoms in total. The van der Waals surface area contributed by atoms with Crippen LogP contribution in [0.25, 0.3) is 22.1 Å². The zero-order chi connectivity index (χ0) is 20.4. The summed E-state index contributed by atoms with van der Waals surface area (Å²) >= 11 is 1.19. The third kappa shape index (κ3) is 3.71. The van der Waals surface area contributed by atoms with Crippen LogP contribution in [0.3, 0.4) is 0 Å². The summed E-state index contributed by atoms with van der Waals surface area (Å²) in [4.78, 5) is 29.7. The highest BCUT2D eigenvalue weighted by atomic mass is 32.2. The van der Waals surface area contributed by atoms with Gasteiger partial charge >= 0.3 is 0 Å². The van der Waals surface area contributed by atoms with Crippen LogP contribution in [0, 0.1) is 0 Å². The number of hydrogen-bond acceptors (Lipinski definition) is 6. The van der Waals surface area contributed by atoms with Crippen LogP contribution in [0.5, 0.6) is 5.75 Å². The second kappa shape index (κ2) is 8.00. The Kier molecular flexibility index (Phi) is 5.26. The molecule has 2 aromatic carbocycles. The van der Waals surface area contributed by atoms with Crippen LogP contribution in [0.15, 0.2) is 62.9 Å². The number of para-hydroxylation sites is 3. The molecule has 0 spiro atoms. The molecular weight excluding hydrogens is 390 g/mol. The number of anilines is 1. The van der Waals surface area contributed by atoms with E-state index in [-0.39, 0.29) is 22.8 Å². The number of furan rings is 1. The predicted molar refractivity (Wildman–Crippen MR) is 114 cm³/mol. The number of rotatable bonds is 6. The smallest absolute Gasteiger partial charge is 0.297 e. The van der Waals surface area contributed by atoms with Gasteiger partial charge in [0, 0.05) is 12.4 Å². The maximum Gasteiger partial charge on any atom is 0.297 e. The Morgan fingerprint density at radius 2 is 1.97 bits per heavy atom. The number of amides is 1. The Labute approximate surface area is 170 Å². The number of carbonyl (C=O) groups excluding carboxylic acids is 1. The summed E-state index contributed by atoms with van der Waals surface area (Å²) in [5.74, 6) is 0.501. The molecule has 8 heteroatoms. The maximum absolute atomic E-state index is 12.7. The number of nitrogens with one attached hydrogen (secondary N) is 1. The SMILES string of the molecule is CCOc1ccccc1NC(=O)CSc1nc2c(oc3ccccc32)c(=O)n1C. The van der Waals surface area contributed by atoms with Crippen LogP contribution in [0.4, 0.5) is 5.69 Å². The Balaban J connectivity index is 1.57. The van der Waals surface area contributed by atoms with Crippen LogP contribution >= 0.6 is 11.8 Å². The fourth-order valence-electron chi connectivity index (χ4n) is 2.99. The largest absolute Gasteiger partial charge is 0.492 e. The number of fused-ring (bicyclic) bond motifs is 3. The van der Waals surface area contributed by atoms with E-state index >= 15 is 0 Å². The average molecular weight is 409 g/mol. The lowest BCUT2D eigenvalue weighted by atomic mass is 10.2. The molecule has 0 aliphatic heterocycles. The first-order valence-electron chi connectivity index (χ1n) is 9.11. The molecule has 4 rings (SSSR count). The van der Waals surface area contributed by atoms with E-state index in [0.717, 1.165) is 5.39 Å². The first kappa shape index (κ1) is 19.1. The molecule has 0 saturated carbocycles. The van der Waals surface area contributed by atoms with E-state index in [4.69, 9.17) is 9.15 Å². The quantitative estimate of drug-likeness (QED) is 0.385. The monoisotopic (exact) mass is 409 g/mol. The summed E-state index contributed by atoms with van der Waals surface area (Å²) in [5.41, 5.74) is 1.66. The first-order chi connectivity index (χ1) is 14.1. The number of carbonyl (C=O) groups is 1. The van der Waals surface area contributed by atoms with Crippen molar-refractivity contribution in [3.8, 4) is 5.75 Å². The summed E-state index contributed by atoms with van der Waals surface area (Å²) in [7, 11) is 1.62. The molecule has 4 aromatic rings. The van der Waals surface area contributed by atoms with E-state index in [1.165, 1.54) is 16.3 Å². The molecule has 0 radical (unpaired) electrons. The topological polar surface area (TPSA) is 86.4 Å². The molecule has 1 N–H and O–H groups in total. The summed E-state index contributed by atoms with van der Waals surface area (Å²) in [6, 6.07) is 14.6. The molecule has 0 fully saturated rings. The number of benzene rings is 2. The van der Waals surface area contributed by atoms with Crippen molar-refractivity contribution in [3.63, 3.8) is 0 Å². The van der Waals surface area contributed by atoms with Crippen molar-refractivity contribution in [2.45, 2.75) is 12.1 Å². The number of ether oxygens (including phenoxy) is 1. The second-order valence-electron chi connectivity index (χ2n) is 6.30. The summed E-state index contributed by atoms with van der Waals surface area (Å²) in [6.45, 7) is 2.39. The van der Waals surface area contributed by atoms with Crippen LogP contribution in [-0.2, 0) is 11.8 Å². The summed E-state index contributed by atoms with van der Waals surface area (Å²) < 4.78 is 12.6. The molecule has 148 valence electrons. The van der Waals surface area contributed by atoms with Crippen LogP contribution in [0.2, 0.25) is 0 Å². The van der Waals surface area contributed by atoms with Crippen molar-refractivity contribution in [2.24, 2.45) is 7.05 Å². The molecule has 2 aromatic heterocycles. The van der Waals surface area contributed by atoms with Gasteiger partial charge in [0.05, 0.1) is 18.0 Å². The van der Waals surface area contributed by atoms with Gasteiger partial charge in [-0.15, -0.1) is 0 Å². The number of thioether (sulfide) groups is 1.